The number of benzene rings is 1. The van der Waals surface area contributed by atoms with Crippen LogP contribution in [0.5, 0.6) is 0 Å². The summed E-state index contributed by atoms with van der Waals surface area (Å²) in [6, 6.07) is 7.91. The van der Waals surface area contributed by atoms with E-state index in [-0.39, 0.29) is 6.04 Å². The van der Waals surface area contributed by atoms with Gasteiger partial charge < -0.3 is 5.73 Å². The molecule has 1 rings (SSSR count). The van der Waals surface area contributed by atoms with Crippen molar-refractivity contribution in [2.75, 3.05) is 11.5 Å². The van der Waals surface area contributed by atoms with E-state index in [1.807, 2.05) is 36.0 Å². The van der Waals surface area contributed by atoms with Gasteiger partial charge in [0.15, 0.2) is 0 Å². The zero-order valence-corrected chi connectivity index (χ0v) is 9.94. The van der Waals surface area contributed by atoms with Gasteiger partial charge in [0.2, 0.25) is 0 Å². The Bertz CT molecular complexity index is 260. The first kappa shape index (κ1) is 11.9. The first-order valence-corrected chi connectivity index (χ1v) is 6.36. The third-order valence-electron chi connectivity index (χ3n) is 1.94. The third-order valence-corrected chi connectivity index (χ3v) is 3.49. The summed E-state index contributed by atoms with van der Waals surface area (Å²) in [5.41, 5.74) is 7.19. The molecular formula is C11H16ClNS. The van der Waals surface area contributed by atoms with Crippen LogP contribution < -0.4 is 5.73 Å². The van der Waals surface area contributed by atoms with E-state index in [4.69, 9.17) is 17.3 Å². The van der Waals surface area contributed by atoms with Crippen molar-refractivity contribution >= 4 is 23.4 Å². The fourth-order valence-electron chi connectivity index (χ4n) is 1.16. The van der Waals surface area contributed by atoms with Gasteiger partial charge in [0.25, 0.3) is 0 Å². The molecule has 0 heterocycles. The van der Waals surface area contributed by atoms with Crippen LogP contribution in [0.25, 0.3) is 0 Å². The highest BCUT2D eigenvalue weighted by molar-refractivity contribution is 7.99. The summed E-state index contributed by atoms with van der Waals surface area (Å²) in [6.45, 7) is 2.18. The Balaban J connectivity index is 2.43. The molecule has 0 aliphatic heterocycles. The second kappa shape index (κ2) is 6.33. The highest BCUT2D eigenvalue weighted by Crippen LogP contribution is 2.18. The predicted octanol–water partition coefficient (Wildman–Crippen LogP) is 3.48. The van der Waals surface area contributed by atoms with Gasteiger partial charge in [-0.15, -0.1) is 0 Å². The average Bonchev–Trinajstić information content (AvgIpc) is 2.19. The number of thioether (sulfide) groups is 1. The lowest BCUT2D eigenvalue weighted by Gasteiger charge is -2.11. The van der Waals surface area contributed by atoms with E-state index in [1.54, 1.807) is 0 Å². The fraction of sp³-hybridized carbons (Fsp3) is 0.455. The van der Waals surface area contributed by atoms with Gasteiger partial charge in [-0.1, -0.05) is 30.7 Å². The summed E-state index contributed by atoms with van der Waals surface area (Å²) in [6.07, 6.45) is 1.21. The van der Waals surface area contributed by atoms with Gasteiger partial charge in [-0.05, 0) is 29.9 Å². The van der Waals surface area contributed by atoms with Gasteiger partial charge in [0, 0.05) is 16.8 Å². The molecule has 0 aliphatic rings. The molecule has 0 amide bonds. The lowest BCUT2D eigenvalue weighted by molar-refractivity contribution is 0.830. The van der Waals surface area contributed by atoms with Crippen LogP contribution in [-0.4, -0.2) is 11.5 Å². The van der Waals surface area contributed by atoms with Crippen molar-refractivity contribution in [1.29, 1.82) is 0 Å². The molecule has 0 bridgehead atoms. The number of hydrogen-bond donors (Lipinski definition) is 1. The average molecular weight is 230 g/mol. The molecule has 1 atom stereocenters. The van der Waals surface area contributed by atoms with Crippen LogP contribution >= 0.6 is 23.4 Å². The Morgan fingerprint density at radius 3 is 2.57 bits per heavy atom. The van der Waals surface area contributed by atoms with Gasteiger partial charge in [0.05, 0.1) is 0 Å². The molecule has 0 fully saturated rings. The number of nitrogens with two attached hydrogens (primary N) is 1. The molecule has 1 aromatic carbocycles. The highest BCUT2D eigenvalue weighted by atomic mass is 35.5. The molecular weight excluding hydrogens is 214 g/mol. The zero-order chi connectivity index (χ0) is 10.4. The molecule has 1 aromatic rings. The summed E-state index contributed by atoms with van der Waals surface area (Å²) in [5, 5.41) is 0.766. The molecule has 0 saturated heterocycles. The molecule has 1 nitrogen and oxygen atoms in total. The molecule has 0 radical (unpaired) electrons. The Morgan fingerprint density at radius 2 is 2.00 bits per heavy atom. The predicted molar refractivity (Wildman–Crippen MR) is 66.0 cm³/mol. The molecule has 14 heavy (non-hydrogen) atoms. The monoisotopic (exact) mass is 229 g/mol. The maximum Gasteiger partial charge on any atom is 0.0406 e. The molecule has 0 saturated carbocycles. The van der Waals surface area contributed by atoms with Crippen molar-refractivity contribution in [3.05, 3.63) is 34.9 Å². The maximum absolute atomic E-state index is 6.02. The van der Waals surface area contributed by atoms with Crippen molar-refractivity contribution in [3.8, 4) is 0 Å². The first-order chi connectivity index (χ1) is 6.74. The van der Waals surface area contributed by atoms with E-state index < -0.39 is 0 Å². The van der Waals surface area contributed by atoms with Crippen molar-refractivity contribution in [3.63, 3.8) is 0 Å². The van der Waals surface area contributed by atoms with Gasteiger partial charge >= 0.3 is 0 Å². The van der Waals surface area contributed by atoms with Crippen molar-refractivity contribution in [2.45, 2.75) is 19.4 Å². The summed E-state index contributed by atoms with van der Waals surface area (Å²) < 4.78 is 0. The lowest BCUT2D eigenvalue weighted by atomic mass is 10.1. The second-order valence-electron chi connectivity index (χ2n) is 3.23. The van der Waals surface area contributed by atoms with Crippen LogP contribution in [0.15, 0.2) is 24.3 Å². The minimum Gasteiger partial charge on any atom is -0.323 e. The van der Waals surface area contributed by atoms with E-state index in [0.717, 1.165) is 16.3 Å². The summed E-state index contributed by atoms with van der Waals surface area (Å²) >= 11 is 7.70. The normalized spacial score (nSPS) is 12.8. The topological polar surface area (TPSA) is 26.0 Å². The fourth-order valence-corrected chi connectivity index (χ4v) is 2.19. The highest BCUT2D eigenvalue weighted by Gasteiger charge is 2.04. The van der Waals surface area contributed by atoms with Crippen LogP contribution in [0.2, 0.25) is 5.02 Å². The Kier molecular flexibility index (Phi) is 5.38. The van der Waals surface area contributed by atoms with Gasteiger partial charge in [-0.25, -0.2) is 0 Å². The van der Waals surface area contributed by atoms with Gasteiger partial charge in [0.1, 0.15) is 0 Å². The van der Waals surface area contributed by atoms with Crippen LogP contribution in [0, 0.1) is 0 Å². The number of rotatable bonds is 5. The Morgan fingerprint density at radius 1 is 1.36 bits per heavy atom. The van der Waals surface area contributed by atoms with E-state index in [2.05, 4.69) is 6.92 Å². The molecule has 78 valence electrons. The molecule has 0 aliphatic carbocycles. The summed E-state index contributed by atoms with van der Waals surface area (Å²) in [5.74, 6) is 2.16. The smallest absolute Gasteiger partial charge is 0.0406 e. The van der Waals surface area contributed by atoms with E-state index in [0.29, 0.717) is 0 Å². The molecule has 0 spiro atoms. The van der Waals surface area contributed by atoms with Crippen molar-refractivity contribution < 1.29 is 0 Å². The summed E-state index contributed by atoms with van der Waals surface area (Å²) in [7, 11) is 0. The SMILES string of the molecule is CCCSCC(N)c1ccc(Cl)cc1. The molecule has 3 heteroatoms. The minimum atomic E-state index is 0.129. The van der Waals surface area contributed by atoms with E-state index in [1.165, 1.54) is 12.2 Å². The standard InChI is InChI=1S/C11H16ClNS/c1-2-7-14-8-11(13)9-3-5-10(12)6-4-9/h3-6,11H,2,7-8,13H2,1H3. The van der Waals surface area contributed by atoms with Crippen LogP contribution in [0.1, 0.15) is 24.9 Å². The van der Waals surface area contributed by atoms with Gasteiger partial charge in [-0.3, -0.25) is 0 Å². The van der Waals surface area contributed by atoms with E-state index in [9.17, 15) is 0 Å². The van der Waals surface area contributed by atoms with Gasteiger partial charge in [-0.2, -0.15) is 11.8 Å². The minimum absolute atomic E-state index is 0.129. The molecule has 1 unspecified atom stereocenters. The Hall–Kier alpha value is -0.180. The Labute approximate surface area is 95.0 Å². The van der Waals surface area contributed by atoms with E-state index >= 15 is 0 Å². The number of hydrogen-bond acceptors (Lipinski definition) is 2. The summed E-state index contributed by atoms with van der Waals surface area (Å²) in [4.78, 5) is 0. The largest absolute Gasteiger partial charge is 0.323 e. The van der Waals surface area contributed by atoms with Crippen molar-refractivity contribution in [1.82, 2.24) is 0 Å². The quantitative estimate of drug-likeness (QED) is 0.783. The zero-order valence-electron chi connectivity index (χ0n) is 8.37. The lowest BCUT2D eigenvalue weighted by Crippen LogP contribution is -2.12. The number of halogens is 1. The van der Waals surface area contributed by atoms with Crippen LogP contribution in [0.4, 0.5) is 0 Å². The van der Waals surface area contributed by atoms with Crippen molar-refractivity contribution in [2.24, 2.45) is 5.73 Å². The molecule has 0 aromatic heterocycles. The maximum atomic E-state index is 6.02. The first-order valence-electron chi connectivity index (χ1n) is 4.83. The second-order valence-corrected chi connectivity index (χ2v) is 4.82. The molecule has 2 N–H and O–H groups in total. The van der Waals surface area contributed by atoms with Crippen LogP contribution in [-0.2, 0) is 0 Å². The third kappa shape index (κ3) is 3.91. The van der Waals surface area contributed by atoms with Crippen LogP contribution in [0.3, 0.4) is 0 Å².